The molecule has 5 nitrogen and oxygen atoms in total. The molecule has 0 amide bonds. The number of aryl methyl sites for hydroxylation is 2. The molecule has 0 radical (unpaired) electrons. The van der Waals surface area contributed by atoms with Gasteiger partial charge < -0.3 is 9.26 Å². The Kier molecular flexibility index (Phi) is 3.50. The maximum atomic E-state index is 12.2. The van der Waals surface area contributed by atoms with Gasteiger partial charge in [-0.2, -0.15) is 4.98 Å². The van der Waals surface area contributed by atoms with E-state index in [-0.39, 0.29) is 18.5 Å². The molecule has 1 heterocycles. The van der Waals surface area contributed by atoms with E-state index in [1.807, 2.05) is 18.2 Å². The highest BCUT2D eigenvalue weighted by Crippen LogP contribution is 2.32. The van der Waals surface area contributed by atoms with Gasteiger partial charge in [-0.25, -0.2) is 0 Å². The van der Waals surface area contributed by atoms with Gasteiger partial charge in [-0.15, -0.1) is 0 Å². The summed E-state index contributed by atoms with van der Waals surface area (Å²) in [6, 6.07) is 8.07. The van der Waals surface area contributed by atoms with Crippen LogP contribution in [0.15, 0.2) is 28.8 Å². The largest absolute Gasteiger partial charge is 0.457 e. The first-order chi connectivity index (χ1) is 9.74. The van der Waals surface area contributed by atoms with Gasteiger partial charge >= 0.3 is 5.97 Å². The molecule has 0 saturated carbocycles. The fourth-order valence-corrected chi connectivity index (χ4v) is 2.63. The third-order valence-electron chi connectivity index (χ3n) is 3.57. The molecule has 0 fully saturated rings. The van der Waals surface area contributed by atoms with E-state index in [4.69, 9.17) is 9.26 Å². The molecule has 0 aliphatic heterocycles. The molecule has 1 aliphatic rings. The zero-order valence-corrected chi connectivity index (χ0v) is 11.3. The van der Waals surface area contributed by atoms with Gasteiger partial charge in [-0.1, -0.05) is 29.4 Å². The van der Waals surface area contributed by atoms with Crippen LogP contribution in [-0.2, 0) is 22.6 Å². The Labute approximate surface area is 116 Å². The van der Waals surface area contributed by atoms with Gasteiger partial charge in [-0.3, -0.25) is 4.79 Å². The molecule has 0 saturated heterocycles. The van der Waals surface area contributed by atoms with Crippen molar-refractivity contribution in [3.05, 3.63) is 47.1 Å². The summed E-state index contributed by atoms with van der Waals surface area (Å²) in [6.45, 7) is 1.77. The number of aromatic nitrogens is 2. The second-order valence-electron chi connectivity index (χ2n) is 4.98. The van der Waals surface area contributed by atoms with Crippen LogP contribution in [-0.4, -0.2) is 16.1 Å². The van der Waals surface area contributed by atoms with E-state index in [9.17, 15) is 4.79 Å². The minimum absolute atomic E-state index is 0.0643. The average Bonchev–Trinajstić information content (AvgIpc) is 2.90. The lowest BCUT2D eigenvalue weighted by Crippen LogP contribution is -2.20. The minimum Gasteiger partial charge on any atom is -0.457 e. The first kappa shape index (κ1) is 12.8. The van der Waals surface area contributed by atoms with Crippen LogP contribution in [0.5, 0.6) is 0 Å². The summed E-state index contributed by atoms with van der Waals surface area (Å²) in [5.74, 6) is 0.492. The SMILES string of the molecule is Cc1nc(COC(=O)[C@@H]2CCCc3ccccc32)no1. The normalized spacial score (nSPS) is 17.6. The van der Waals surface area contributed by atoms with Crippen molar-refractivity contribution < 1.29 is 14.1 Å². The first-order valence-electron chi connectivity index (χ1n) is 6.77. The molecular formula is C15H16N2O3. The second-order valence-corrected chi connectivity index (χ2v) is 4.98. The summed E-state index contributed by atoms with van der Waals surface area (Å²) in [6.07, 6.45) is 2.88. The lowest BCUT2D eigenvalue weighted by Gasteiger charge is -2.23. The second kappa shape index (κ2) is 5.45. The molecule has 104 valence electrons. The van der Waals surface area contributed by atoms with Crippen molar-refractivity contribution in [2.24, 2.45) is 0 Å². The monoisotopic (exact) mass is 272 g/mol. The van der Waals surface area contributed by atoms with E-state index in [0.29, 0.717) is 11.7 Å². The Morgan fingerprint density at radius 2 is 2.30 bits per heavy atom. The first-order valence-corrected chi connectivity index (χ1v) is 6.77. The van der Waals surface area contributed by atoms with E-state index < -0.39 is 0 Å². The van der Waals surface area contributed by atoms with Gasteiger partial charge in [0.25, 0.3) is 0 Å². The maximum absolute atomic E-state index is 12.2. The van der Waals surface area contributed by atoms with Crippen molar-refractivity contribution in [1.82, 2.24) is 10.1 Å². The minimum atomic E-state index is -0.209. The molecule has 1 aromatic heterocycles. The highest BCUT2D eigenvalue weighted by atomic mass is 16.5. The fraction of sp³-hybridized carbons (Fsp3) is 0.400. The number of hydrogen-bond donors (Lipinski definition) is 0. The van der Waals surface area contributed by atoms with Gasteiger partial charge in [0.1, 0.15) is 0 Å². The molecule has 5 heteroatoms. The van der Waals surface area contributed by atoms with Crippen LogP contribution in [0, 0.1) is 6.92 Å². The van der Waals surface area contributed by atoms with Crippen molar-refractivity contribution in [2.75, 3.05) is 0 Å². The van der Waals surface area contributed by atoms with Crippen LogP contribution < -0.4 is 0 Å². The molecular weight excluding hydrogens is 256 g/mol. The Morgan fingerprint density at radius 3 is 3.10 bits per heavy atom. The summed E-state index contributed by atoms with van der Waals surface area (Å²) in [7, 11) is 0. The van der Waals surface area contributed by atoms with E-state index in [0.717, 1.165) is 24.8 Å². The van der Waals surface area contributed by atoms with Crippen LogP contribution in [0.3, 0.4) is 0 Å². The van der Waals surface area contributed by atoms with Crippen LogP contribution in [0.2, 0.25) is 0 Å². The standard InChI is InChI=1S/C15H16N2O3/c1-10-16-14(17-20-10)9-19-15(18)13-8-4-6-11-5-2-3-7-12(11)13/h2-3,5,7,13H,4,6,8-9H2,1H3/t13-/m1/s1. The number of nitrogens with zero attached hydrogens (tertiary/aromatic N) is 2. The predicted molar refractivity (Wildman–Crippen MR) is 71.0 cm³/mol. The number of carbonyl (C=O) groups is 1. The van der Waals surface area contributed by atoms with Gasteiger partial charge in [0.05, 0.1) is 5.92 Å². The van der Waals surface area contributed by atoms with Gasteiger partial charge in [-0.05, 0) is 30.4 Å². The number of ether oxygens (including phenoxy) is 1. The fourth-order valence-electron chi connectivity index (χ4n) is 2.63. The Morgan fingerprint density at radius 1 is 1.45 bits per heavy atom. The molecule has 2 aromatic rings. The van der Waals surface area contributed by atoms with Crippen molar-refractivity contribution in [3.63, 3.8) is 0 Å². The van der Waals surface area contributed by atoms with Gasteiger partial charge in [0.2, 0.25) is 11.7 Å². The Balaban J connectivity index is 1.69. The van der Waals surface area contributed by atoms with Crippen LogP contribution in [0.1, 0.15) is 41.6 Å². The van der Waals surface area contributed by atoms with Crippen LogP contribution in [0.25, 0.3) is 0 Å². The van der Waals surface area contributed by atoms with Crippen molar-refractivity contribution in [3.8, 4) is 0 Å². The quantitative estimate of drug-likeness (QED) is 0.803. The smallest absolute Gasteiger partial charge is 0.313 e. The molecule has 1 atom stereocenters. The zero-order valence-electron chi connectivity index (χ0n) is 11.3. The molecule has 0 bridgehead atoms. The summed E-state index contributed by atoms with van der Waals surface area (Å²) < 4.78 is 10.2. The molecule has 0 unspecified atom stereocenters. The number of benzene rings is 1. The summed E-state index contributed by atoms with van der Waals surface area (Å²) in [4.78, 5) is 16.2. The number of rotatable bonds is 3. The molecule has 0 N–H and O–H groups in total. The molecule has 20 heavy (non-hydrogen) atoms. The van der Waals surface area contributed by atoms with Gasteiger partial charge in [0.15, 0.2) is 6.61 Å². The summed E-state index contributed by atoms with van der Waals surface area (Å²) in [5.41, 5.74) is 2.34. The zero-order chi connectivity index (χ0) is 13.9. The number of carbonyl (C=O) groups excluding carboxylic acids is 1. The van der Waals surface area contributed by atoms with E-state index >= 15 is 0 Å². The third kappa shape index (κ3) is 2.57. The summed E-state index contributed by atoms with van der Waals surface area (Å²) in [5, 5.41) is 3.71. The predicted octanol–water partition coefficient (Wildman–Crippen LogP) is 2.54. The van der Waals surface area contributed by atoms with Crippen LogP contribution >= 0.6 is 0 Å². The molecule has 3 rings (SSSR count). The van der Waals surface area contributed by atoms with Gasteiger partial charge in [0, 0.05) is 6.92 Å². The maximum Gasteiger partial charge on any atom is 0.313 e. The van der Waals surface area contributed by atoms with Crippen molar-refractivity contribution in [1.29, 1.82) is 0 Å². The summed E-state index contributed by atoms with van der Waals surface area (Å²) >= 11 is 0. The highest BCUT2D eigenvalue weighted by Gasteiger charge is 2.27. The topological polar surface area (TPSA) is 65.2 Å². The number of hydrogen-bond acceptors (Lipinski definition) is 5. The van der Waals surface area contributed by atoms with E-state index in [1.165, 1.54) is 5.56 Å². The Bertz CT molecular complexity index is 621. The van der Waals surface area contributed by atoms with Crippen LogP contribution in [0.4, 0.5) is 0 Å². The average molecular weight is 272 g/mol. The number of esters is 1. The van der Waals surface area contributed by atoms with E-state index in [1.54, 1.807) is 6.92 Å². The Hall–Kier alpha value is -2.17. The lowest BCUT2D eigenvalue weighted by molar-refractivity contribution is -0.147. The lowest BCUT2D eigenvalue weighted by atomic mass is 9.83. The number of fused-ring (bicyclic) bond motifs is 1. The van der Waals surface area contributed by atoms with Crippen molar-refractivity contribution in [2.45, 2.75) is 38.7 Å². The molecule has 1 aliphatic carbocycles. The molecule has 0 spiro atoms. The van der Waals surface area contributed by atoms with Crippen molar-refractivity contribution >= 4 is 5.97 Å². The third-order valence-corrected chi connectivity index (χ3v) is 3.57. The van der Waals surface area contributed by atoms with E-state index in [2.05, 4.69) is 16.2 Å². The highest BCUT2D eigenvalue weighted by molar-refractivity contribution is 5.79. The molecule has 1 aromatic carbocycles.